The Bertz CT molecular complexity index is 1720. The van der Waals surface area contributed by atoms with Gasteiger partial charge in [-0.2, -0.15) is 0 Å². The number of nitrogens with zero attached hydrogens (tertiary/aromatic N) is 3. The van der Waals surface area contributed by atoms with E-state index in [1.54, 1.807) is 25.1 Å². The quantitative estimate of drug-likeness (QED) is 0.141. The molecule has 5 rings (SSSR count). The van der Waals surface area contributed by atoms with E-state index in [-0.39, 0.29) is 29.4 Å². The number of aryl methyl sites for hydroxylation is 2. The van der Waals surface area contributed by atoms with E-state index in [1.807, 2.05) is 30.5 Å². The van der Waals surface area contributed by atoms with Gasteiger partial charge in [-0.05, 0) is 86.8 Å². The molecule has 0 bridgehead atoms. The maximum absolute atomic E-state index is 13.4. The number of hydrogen-bond acceptors (Lipinski definition) is 8. The van der Waals surface area contributed by atoms with Gasteiger partial charge in [0.15, 0.2) is 11.0 Å². The van der Waals surface area contributed by atoms with E-state index in [0.29, 0.717) is 33.0 Å². The summed E-state index contributed by atoms with van der Waals surface area (Å²) < 4.78 is 8.07. The molecule has 2 N–H and O–H groups in total. The Morgan fingerprint density at radius 1 is 1.18 bits per heavy atom. The Morgan fingerprint density at radius 2 is 1.95 bits per heavy atom. The number of thioether (sulfide) groups is 1. The number of phenolic OH excluding ortho intramolecular Hbond substituents is 1. The maximum atomic E-state index is 13.4. The lowest BCUT2D eigenvalue weighted by molar-refractivity contribution is -0.113. The van der Waals surface area contributed by atoms with Gasteiger partial charge < -0.3 is 15.2 Å². The summed E-state index contributed by atoms with van der Waals surface area (Å²) in [5.41, 5.74) is 5.13. The number of hydrogen-bond donors (Lipinski definition) is 2. The number of phenols is 1. The van der Waals surface area contributed by atoms with Gasteiger partial charge in [0.2, 0.25) is 5.91 Å². The van der Waals surface area contributed by atoms with Gasteiger partial charge in [0.05, 0.1) is 29.2 Å². The van der Waals surface area contributed by atoms with Gasteiger partial charge in [-0.15, -0.1) is 21.5 Å². The summed E-state index contributed by atoms with van der Waals surface area (Å²) in [6.07, 6.45) is 2.66. The van der Waals surface area contributed by atoms with Crippen LogP contribution < -0.4 is 5.32 Å². The van der Waals surface area contributed by atoms with E-state index >= 15 is 0 Å². The van der Waals surface area contributed by atoms with Gasteiger partial charge >= 0.3 is 5.97 Å². The molecule has 0 spiro atoms. The van der Waals surface area contributed by atoms with Gasteiger partial charge in [0.25, 0.3) is 0 Å². The van der Waals surface area contributed by atoms with Crippen molar-refractivity contribution in [2.24, 2.45) is 11.3 Å². The van der Waals surface area contributed by atoms with Gasteiger partial charge in [-0.3, -0.25) is 9.36 Å². The predicted molar refractivity (Wildman–Crippen MR) is 180 cm³/mol. The molecule has 1 atom stereocenters. The Labute approximate surface area is 274 Å². The molecule has 4 aromatic rings. The van der Waals surface area contributed by atoms with Gasteiger partial charge in [-0.1, -0.05) is 66.2 Å². The molecule has 2 aromatic heterocycles. The fourth-order valence-corrected chi connectivity index (χ4v) is 8.06. The van der Waals surface area contributed by atoms with Crippen molar-refractivity contribution in [2.45, 2.75) is 66.0 Å². The second-order valence-corrected chi connectivity index (χ2v) is 15.1. The van der Waals surface area contributed by atoms with Gasteiger partial charge in [0.1, 0.15) is 10.8 Å². The standard InChI is InChI=1S/C33H37BrN4O4S2/c1-7-42-31(41)28-22-11-9-20(33(4,5)6)15-26(22)44-30(28)35-27(40)17-43-32-37-36-29(23-16-21(34)10-13-25(23)39)38(32)24-12-8-18(2)14-19(24)3/h8,10,12-14,16,20,39H,7,9,11,15,17H2,1-6H3,(H,35,40)/t20-/m0/s1. The topological polar surface area (TPSA) is 106 Å². The summed E-state index contributed by atoms with van der Waals surface area (Å²) in [6, 6.07) is 11.2. The van der Waals surface area contributed by atoms with Crippen LogP contribution in [0.1, 0.15) is 66.0 Å². The number of aromatic hydroxyl groups is 1. The number of aromatic nitrogens is 3. The zero-order chi connectivity index (χ0) is 31.8. The molecule has 0 aliphatic heterocycles. The minimum atomic E-state index is -0.393. The second kappa shape index (κ2) is 13.1. The van der Waals surface area contributed by atoms with Crippen LogP contribution in [0.5, 0.6) is 5.75 Å². The number of esters is 1. The molecule has 0 saturated heterocycles. The van der Waals surface area contributed by atoms with Crippen LogP contribution in [-0.4, -0.2) is 44.1 Å². The van der Waals surface area contributed by atoms with Crippen molar-refractivity contribution in [1.82, 2.24) is 14.8 Å². The van der Waals surface area contributed by atoms with Crippen molar-refractivity contribution in [2.75, 3.05) is 17.7 Å². The average Bonchev–Trinajstić information content (AvgIpc) is 3.53. The molecule has 0 saturated carbocycles. The van der Waals surface area contributed by atoms with E-state index in [4.69, 9.17) is 4.74 Å². The van der Waals surface area contributed by atoms with Crippen LogP contribution in [0.3, 0.4) is 0 Å². The van der Waals surface area contributed by atoms with Crippen LogP contribution in [0.15, 0.2) is 46.0 Å². The van der Waals surface area contributed by atoms with Crippen molar-refractivity contribution in [3.05, 3.63) is 68.0 Å². The largest absolute Gasteiger partial charge is 0.507 e. The van der Waals surface area contributed by atoms with E-state index in [9.17, 15) is 14.7 Å². The first kappa shape index (κ1) is 32.2. The molecule has 11 heteroatoms. The normalized spacial score (nSPS) is 14.8. The Hall–Kier alpha value is -3.15. The molecule has 2 aromatic carbocycles. The third-order valence-corrected chi connectivity index (χ3v) is 10.6. The molecular weight excluding hydrogens is 660 g/mol. The number of carbonyl (C=O) groups is 2. The zero-order valence-corrected chi connectivity index (χ0v) is 29.0. The summed E-state index contributed by atoms with van der Waals surface area (Å²) in [5.74, 6) is 0.426. The van der Waals surface area contributed by atoms with Crippen molar-refractivity contribution < 1.29 is 19.4 Å². The summed E-state index contributed by atoms with van der Waals surface area (Å²) >= 11 is 6.22. The van der Waals surface area contributed by atoms with Gasteiger partial charge in [-0.25, -0.2) is 4.79 Å². The van der Waals surface area contributed by atoms with Crippen molar-refractivity contribution in [1.29, 1.82) is 0 Å². The van der Waals surface area contributed by atoms with E-state index in [0.717, 1.165) is 51.0 Å². The first-order valence-corrected chi connectivity index (χ1v) is 17.2. The van der Waals surface area contributed by atoms with Crippen molar-refractivity contribution in [3.63, 3.8) is 0 Å². The van der Waals surface area contributed by atoms with Crippen molar-refractivity contribution in [3.8, 4) is 22.8 Å². The first-order chi connectivity index (χ1) is 20.9. The SMILES string of the molecule is CCOC(=O)c1c(NC(=O)CSc2nnc(-c3cc(Br)ccc3O)n2-c2ccc(C)cc2C)sc2c1CC[C@H](C(C)(C)C)C2. The molecule has 232 valence electrons. The number of fused-ring (bicyclic) bond motifs is 1. The number of ether oxygens (including phenoxy) is 1. The van der Waals surface area contributed by atoms with Crippen LogP contribution in [0.4, 0.5) is 5.00 Å². The first-order valence-electron chi connectivity index (χ1n) is 14.6. The number of nitrogens with one attached hydrogen (secondary N) is 1. The minimum Gasteiger partial charge on any atom is -0.507 e. The van der Waals surface area contributed by atoms with E-state index in [1.165, 1.54) is 23.1 Å². The molecule has 0 unspecified atom stereocenters. The molecule has 0 radical (unpaired) electrons. The van der Waals surface area contributed by atoms with Crippen LogP contribution in [0.2, 0.25) is 0 Å². The van der Waals surface area contributed by atoms with E-state index in [2.05, 4.69) is 58.3 Å². The van der Waals surface area contributed by atoms with Crippen LogP contribution in [0.25, 0.3) is 17.1 Å². The number of benzene rings is 2. The highest BCUT2D eigenvalue weighted by molar-refractivity contribution is 9.10. The molecule has 1 aliphatic rings. The highest BCUT2D eigenvalue weighted by atomic mass is 79.9. The fraction of sp³-hybridized carbons (Fsp3) is 0.394. The highest BCUT2D eigenvalue weighted by Crippen LogP contribution is 2.45. The number of amides is 1. The summed E-state index contributed by atoms with van der Waals surface area (Å²) in [7, 11) is 0. The van der Waals surface area contributed by atoms with Crippen LogP contribution in [0, 0.1) is 25.2 Å². The number of thiophene rings is 1. The lowest BCUT2D eigenvalue weighted by atomic mass is 9.72. The fourth-order valence-electron chi connectivity index (χ4n) is 5.62. The Morgan fingerprint density at radius 3 is 2.66 bits per heavy atom. The molecular formula is C33H37BrN4O4S2. The monoisotopic (exact) mass is 696 g/mol. The third kappa shape index (κ3) is 6.74. The lowest BCUT2D eigenvalue weighted by Gasteiger charge is -2.33. The molecule has 1 amide bonds. The predicted octanol–water partition coefficient (Wildman–Crippen LogP) is 8.14. The molecule has 8 nitrogen and oxygen atoms in total. The molecule has 2 heterocycles. The zero-order valence-electron chi connectivity index (χ0n) is 25.8. The van der Waals surface area contributed by atoms with E-state index < -0.39 is 5.97 Å². The smallest absolute Gasteiger partial charge is 0.341 e. The second-order valence-electron chi connectivity index (χ2n) is 12.2. The summed E-state index contributed by atoms with van der Waals surface area (Å²) in [4.78, 5) is 27.6. The number of halogens is 1. The minimum absolute atomic E-state index is 0.0446. The molecule has 0 fully saturated rings. The molecule has 44 heavy (non-hydrogen) atoms. The summed E-state index contributed by atoms with van der Waals surface area (Å²) in [5, 5.41) is 23.6. The van der Waals surface area contributed by atoms with Crippen molar-refractivity contribution >= 4 is 55.9 Å². The summed E-state index contributed by atoms with van der Waals surface area (Å²) in [6.45, 7) is 12.8. The van der Waals surface area contributed by atoms with Crippen LogP contribution >= 0.6 is 39.0 Å². The Kier molecular flexibility index (Phi) is 9.58. The van der Waals surface area contributed by atoms with Crippen LogP contribution in [-0.2, 0) is 22.4 Å². The highest BCUT2D eigenvalue weighted by Gasteiger charge is 2.34. The number of carbonyl (C=O) groups excluding carboxylic acids is 2. The average molecular weight is 698 g/mol. The molecule has 1 aliphatic carbocycles. The number of anilines is 1. The maximum Gasteiger partial charge on any atom is 0.341 e. The third-order valence-electron chi connectivity index (χ3n) is 7.98. The lowest BCUT2D eigenvalue weighted by Crippen LogP contribution is -2.26. The number of rotatable bonds is 8. The Balaban J connectivity index is 1.44. The van der Waals surface area contributed by atoms with Gasteiger partial charge in [0, 0.05) is 9.35 Å².